The van der Waals surface area contributed by atoms with Gasteiger partial charge in [0.25, 0.3) is 0 Å². The van der Waals surface area contributed by atoms with E-state index in [9.17, 15) is 4.79 Å². The van der Waals surface area contributed by atoms with Gasteiger partial charge in [0.1, 0.15) is 12.0 Å². The average molecular weight is 295 g/mol. The quantitative estimate of drug-likeness (QED) is 0.670. The predicted molar refractivity (Wildman–Crippen MR) is 83.2 cm³/mol. The predicted octanol–water partition coefficient (Wildman–Crippen LogP) is 1.42. The van der Waals surface area contributed by atoms with Crippen LogP contribution >= 0.6 is 0 Å². The van der Waals surface area contributed by atoms with E-state index in [1.807, 2.05) is 13.8 Å². The van der Waals surface area contributed by atoms with Crippen LogP contribution < -0.4 is 21.1 Å². The molecule has 7 nitrogen and oxygen atoms in total. The van der Waals surface area contributed by atoms with E-state index in [4.69, 9.17) is 10.5 Å². The number of hydrogen-bond acceptors (Lipinski definition) is 6. The summed E-state index contributed by atoms with van der Waals surface area (Å²) in [6, 6.07) is 0. The maximum atomic E-state index is 11.6. The van der Waals surface area contributed by atoms with Gasteiger partial charge in [0, 0.05) is 19.5 Å². The number of nitrogens with two attached hydrogens (primary N) is 1. The standard InChI is InChI=1S/C14H25N5O2/c1-9(2)7-17-11(20)5-6-16-13-12(15)14(19-8-18-13)21-10(3)4/h8-10H,5-7,15H2,1-4H3,(H,17,20)(H,16,18,19). The Morgan fingerprint density at radius 1 is 1.33 bits per heavy atom. The van der Waals surface area contributed by atoms with Crippen LogP contribution in [-0.4, -0.2) is 35.1 Å². The van der Waals surface area contributed by atoms with E-state index >= 15 is 0 Å². The fourth-order valence-corrected chi connectivity index (χ4v) is 1.54. The highest BCUT2D eigenvalue weighted by Crippen LogP contribution is 2.25. The van der Waals surface area contributed by atoms with Crippen LogP contribution in [0, 0.1) is 5.92 Å². The Labute approximate surface area is 125 Å². The molecule has 118 valence electrons. The van der Waals surface area contributed by atoms with Crippen LogP contribution in [0.4, 0.5) is 11.5 Å². The fourth-order valence-electron chi connectivity index (χ4n) is 1.54. The molecule has 4 N–H and O–H groups in total. The van der Waals surface area contributed by atoms with Crippen molar-refractivity contribution < 1.29 is 9.53 Å². The Morgan fingerprint density at radius 3 is 2.67 bits per heavy atom. The van der Waals surface area contributed by atoms with Crippen LogP contribution in [0.5, 0.6) is 5.88 Å². The minimum absolute atomic E-state index is 0.00230. The highest BCUT2D eigenvalue weighted by molar-refractivity contribution is 5.76. The summed E-state index contributed by atoms with van der Waals surface area (Å²) in [5.41, 5.74) is 6.29. The monoisotopic (exact) mass is 295 g/mol. The Hall–Kier alpha value is -2.05. The molecular weight excluding hydrogens is 270 g/mol. The fraction of sp³-hybridized carbons (Fsp3) is 0.643. The highest BCUT2D eigenvalue weighted by atomic mass is 16.5. The molecule has 21 heavy (non-hydrogen) atoms. The molecule has 0 atom stereocenters. The van der Waals surface area contributed by atoms with Gasteiger partial charge in [-0.3, -0.25) is 4.79 Å². The van der Waals surface area contributed by atoms with Crippen LogP contribution in [0.3, 0.4) is 0 Å². The number of amides is 1. The van der Waals surface area contributed by atoms with Crippen molar-refractivity contribution >= 4 is 17.4 Å². The van der Waals surface area contributed by atoms with Crippen molar-refractivity contribution in [2.24, 2.45) is 5.92 Å². The third-order valence-electron chi connectivity index (χ3n) is 2.55. The summed E-state index contributed by atoms with van der Waals surface area (Å²) in [4.78, 5) is 19.6. The number of nitrogens with one attached hydrogen (secondary N) is 2. The zero-order valence-corrected chi connectivity index (χ0v) is 13.1. The number of anilines is 2. The maximum Gasteiger partial charge on any atom is 0.242 e. The summed E-state index contributed by atoms with van der Waals surface area (Å²) in [7, 11) is 0. The molecule has 0 spiro atoms. The van der Waals surface area contributed by atoms with E-state index in [2.05, 4.69) is 34.4 Å². The SMILES string of the molecule is CC(C)CNC(=O)CCNc1ncnc(OC(C)C)c1N. The number of ether oxygens (including phenoxy) is 1. The smallest absolute Gasteiger partial charge is 0.242 e. The van der Waals surface area contributed by atoms with Crippen molar-refractivity contribution in [3.8, 4) is 5.88 Å². The number of aromatic nitrogens is 2. The van der Waals surface area contributed by atoms with E-state index in [1.54, 1.807) is 0 Å². The molecule has 1 aromatic heterocycles. The molecule has 0 aliphatic heterocycles. The molecular formula is C14H25N5O2. The van der Waals surface area contributed by atoms with Gasteiger partial charge in [-0.05, 0) is 19.8 Å². The van der Waals surface area contributed by atoms with Gasteiger partial charge < -0.3 is 21.1 Å². The van der Waals surface area contributed by atoms with Gasteiger partial charge in [-0.15, -0.1) is 0 Å². The molecule has 7 heteroatoms. The molecule has 0 aliphatic carbocycles. The van der Waals surface area contributed by atoms with E-state index in [0.29, 0.717) is 42.8 Å². The lowest BCUT2D eigenvalue weighted by Gasteiger charge is -2.13. The van der Waals surface area contributed by atoms with Crippen molar-refractivity contribution in [3.05, 3.63) is 6.33 Å². The van der Waals surface area contributed by atoms with E-state index in [1.165, 1.54) is 6.33 Å². The number of nitrogen functional groups attached to an aromatic ring is 1. The first-order valence-corrected chi connectivity index (χ1v) is 7.17. The summed E-state index contributed by atoms with van der Waals surface area (Å²) in [5, 5.41) is 5.88. The summed E-state index contributed by atoms with van der Waals surface area (Å²) in [5.74, 6) is 1.28. The lowest BCUT2D eigenvalue weighted by atomic mass is 10.2. The summed E-state index contributed by atoms with van der Waals surface area (Å²) < 4.78 is 5.48. The lowest BCUT2D eigenvalue weighted by Crippen LogP contribution is -2.28. The molecule has 0 fully saturated rings. The van der Waals surface area contributed by atoms with Crippen LogP contribution in [-0.2, 0) is 4.79 Å². The number of hydrogen-bond donors (Lipinski definition) is 3. The van der Waals surface area contributed by atoms with Crippen molar-refractivity contribution in [1.29, 1.82) is 0 Å². The lowest BCUT2D eigenvalue weighted by molar-refractivity contribution is -0.120. The van der Waals surface area contributed by atoms with Gasteiger partial charge in [0.05, 0.1) is 6.10 Å². The van der Waals surface area contributed by atoms with Gasteiger partial charge in [-0.25, -0.2) is 4.98 Å². The zero-order valence-electron chi connectivity index (χ0n) is 13.1. The summed E-state index contributed by atoms with van der Waals surface area (Å²) in [6.07, 6.45) is 1.73. The van der Waals surface area contributed by atoms with Crippen molar-refractivity contribution in [2.45, 2.75) is 40.2 Å². The second kappa shape index (κ2) is 8.28. The molecule has 1 rings (SSSR count). The Kier molecular flexibility index (Phi) is 6.71. The molecule has 1 amide bonds. The molecule has 0 unspecified atom stereocenters. The number of nitrogens with zero attached hydrogens (tertiary/aromatic N) is 2. The van der Waals surface area contributed by atoms with Gasteiger partial charge in [0.15, 0.2) is 5.82 Å². The van der Waals surface area contributed by atoms with E-state index in [0.717, 1.165) is 0 Å². The molecule has 0 aromatic carbocycles. The van der Waals surface area contributed by atoms with Gasteiger partial charge >= 0.3 is 0 Å². The second-order valence-electron chi connectivity index (χ2n) is 5.48. The van der Waals surface area contributed by atoms with Crippen molar-refractivity contribution in [1.82, 2.24) is 15.3 Å². The van der Waals surface area contributed by atoms with Gasteiger partial charge in [-0.2, -0.15) is 4.98 Å². The van der Waals surface area contributed by atoms with Crippen molar-refractivity contribution in [2.75, 3.05) is 24.1 Å². The topological polar surface area (TPSA) is 102 Å². The first-order chi connectivity index (χ1) is 9.90. The molecule has 0 radical (unpaired) electrons. The Morgan fingerprint density at radius 2 is 2.05 bits per heavy atom. The van der Waals surface area contributed by atoms with Gasteiger partial charge in [-0.1, -0.05) is 13.8 Å². The summed E-state index contributed by atoms with van der Waals surface area (Å²) >= 11 is 0. The number of carbonyl (C=O) groups is 1. The van der Waals surface area contributed by atoms with Crippen LogP contribution in [0.15, 0.2) is 6.33 Å². The summed E-state index contributed by atoms with van der Waals surface area (Å²) in [6.45, 7) is 9.03. The Bertz CT molecular complexity index is 463. The largest absolute Gasteiger partial charge is 0.473 e. The highest BCUT2D eigenvalue weighted by Gasteiger charge is 2.11. The Balaban J connectivity index is 2.47. The third kappa shape index (κ3) is 6.29. The maximum absolute atomic E-state index is 11.6. The first-order valence-electron chi connectivity index (χ1n) is 7.17. The van der Waals surface area contributed by atoms with E-state index in [-0.39, 0.29) is 12.0 Å². The number of carbonyl (C=O) groups excluding carboxylic acids is 1. The molecule has 1 heterocycles. The number of rotatable bonds is 8. The second-order valence-corrected chi connectivity index (χ2v) is 5.48. The molecule has 0 saturated heterocycles. The van der Waals surface area contributed by atoms with Crippen molar-refractivity contribution in [3.63, 3.8) is 0 Å². The average Bonchev–Trinajstić information content (AvgIpc) is 2.40. The zero-order chi connectivity index (χ0) is 15.8. The van der Waals surface area contributed by atoms with Crippen LogP contribution in [0.2, 0.25) is 0 Å². The third-order valence-corrected chi connectivity index (χ3v) is 2.55. The molecule has 1 aromatic rings. The van der Waals surface area contributed by atoms with Gasteiger partial charge in [0.2, 0.25) is 11.8 Å². The molecule has 0 bridgehead atoms. The van der Waals surface area contributed by atoms with Crippen LogP contribution in [0.1, 0.15) is 34.1 Å². The molecule has 0 aliphatic rings. The minimum Gasteiger partial charge on any atom is -0.473 e. The normalized spacial score (nSPS) is 10.8. The first kappa shape index (κ1) is 17.0. The minimum atomic E-state index is -0.0168. The van der Waals surface area contributed by atoms with E-state index < -0.39 is 0 Å². The molecule has 0 saturated carbocycles. The van der Waals surface area contributed by atoms with Crippen LogP contribution in [0.25, 0.3) is 0 Å².